The van der Waals surface area contributed by atoms with Crippen LogP contribution < -0.4 is 5.32 Å². The number of hydrogen-bond donors (Lipinski definition) is 1. The summed E-state index contributed by atoms with van der Waals surface area (Å²) in [6.07, 6.45) is 2.32. The van der Waals surface area contributed by atoms with Gasteiger partial charge in [-0.05, 0) is 61.4 Å². The fourth-order valence-corrected chi connectivity index (χ4v) is 2.35. The first-order valence-corrected chi connectivity index (χ1v) is 7.20. The second-order valence-electron chi connectivity index (χ2n) is 5.97. The Morgan fingerprint density at radius 3 is 2.44 bits per heavy atom. The third-order valence-electron chi connectivity index (χ3n) is 3.54. The molecule has 18 heavy (non-hydrogen) atoms. The van der Waals surface area contributed by atoms with E-state index in [1.807, 2.05) is 0 Å². The van der Waals surface area contributed by atoms with Crippen LogP contribution in [-0.2, 0) is 6.42 Å². The van der Waals surface area contributed by atoms with Crippen LogP contribution in [0.3, 0.4) is 0 Å². The number of hydrogen-bond acceptors (Lipinski definition) is 1. The van der Waals surface area contributed by atoms with Crippen LogP contribution in [0.2, 0.25) is 5.02 Å². The van der Waals surface area contributed by atoms with Gasteiger partial charge in [-0.25, -0.2) is 0 Å². The first-order chi connectivity index (χ1) is 8.35. The lowest BCUT2D eigenvalue weighted by atomic mass is 9.85. The highest BCUT2D eigenvalue weighted by Crippen LogP contribution is 2.26. The van der Waals surface area contributed by atoms with Crippen LogP contribution in [0.25, 0.3) is 0 Å². The zero-order valence-electron chi connectivity index (χ0n) is 12.4. The minimum atomic E-state index is 0.343. The van der Waals surface area contributed by atoms with Crippen molar-refractivity contribution in [3.05, 3.63) is 33.8 Å². The van der Waals surface area contributed by atoms with Crippen molar-refractivity contribution in [2.24, 2.45) is 5.41 Å². The fraction of sp³-hybridized carbons (Fsp3) is 0.625. The van der Waals surface area contributed by atoms with Gasteiger partial charge in [-0.1, -0.05) is 38.4 Å². The number of nitrogens with one attached hydrogen (secondary N) is 1. The Bertz CT molecular complexity index is 396. The Morgan fingerprint density at radius 2 is 1.83 bits per heavy atom. The molecule has 0 aromatic heterocycles. The van der Waals surface area contributed by atoms with Gasteiger partial charge in [-0.15, -0.1) is 0 Å². The molecule has 0 radical (unpaired) electrons. The van der Waals surface area contributed by atoms with Crippen molar-refractivity contribution in [2.75, 3.05) is 13.1 Å². The lowest BCUT2D eigenvalue weighted by Gasteiger charge is -2.25. The molecule has 0 fully saturated rings. The van der Waals surface area contributed by atoms with Crippen LogP contribution in [0.4, 0.5) is 0 Å². The van der Waals surface area contributed by atoms with E-state index in [0.29, 0.717) is 5.41 Å². The van der Waals surface area contributed by atoms with Crippen LogP contribution in [0, 0.1) is 19.3 Å². The molecule has 0 saturated carbocycles. The normalized spacial score (nSPS) is 11.9. The predicted molar refractivity (Wildman–Crippen MR) is 81.6 cm³/mol. The van der Waals surface area contributed by atoms with E-state index in [2.05, 4.69) is 52.1 Å². The smallest absolute Gasteiger partial charge is 0.0438 e. The topological polar surface area (TPSA) is 12.0 Å². The summed E-state index contributed by atoms with van der Waals surface area (Å²) >= 11 is 6.13. The molecule has 1 nitrogen and oxygen atoms in total. The van der Waals surface area contributed by atoms with Gasteiger partial charge in [0.15, 0.2) is 0 Å². The van der Waals surface area contributed by atoms with Gasteiger partial charge in [0.05, 0.1) is 0 Å². The largest absolute Gasteiger partial charge is 0.316 e. The van der Waals surface area contributed by atoms with E-state index in [1.165, 1.54) is 23.1 Å². The summed E-state index contributed by atoms with van der Waals surface area (Å²) in [7, 11) is 0. The van der Waals surface area contributed by atoms with Gasteiger partial charge < -0.3 is 5.32 Å². The van der Waals surface area contributed by atoms with Crippen molar-refractivity contribution >= 4 is 11.6 Å². The minimum absolute atomic E-state index is 0.343. The molecule has 0 heterocycles. The quantitative estimate of drug-likeness (QED) is 0.799. The van der Waals surface area contributed by atoms with E-state index in [9.17, 15) is 0 Å². The van der Waals surface area contributed by atoms with E-state index in [-0.39, 0.29) is 0 Å². The van der Waals surface area contributed by atoms with Crippen molar-refractivity contribution in [3.63, 3.8) is 0 Å². The molecule has 0 bridgehead atoms. The van der Waals surface area contributed by atoms with Crippen LogP contribution in [-0.4, -0.2) is 13.1 Å². The predicted octanol–water partition coefficient (Wildman–Crippen LogP) is 4.53. The maximum absolute atomic E-state index is 6.13. The molecule has 0 aliphatic heterocycles. The van der Waals surface area contributed by atoms with Gasteiger partial charge in [-0.3, -0.25) is 0 Å². The molecular weight excluding hydrogens is 242 g/mol. The van der Waals surface area contributed by atoms with Crippen molar-refractivity contribution < 1.29 is 0 Å². The summed E-state index contributed by atoms with van der Waals surface area (Å²) in [5, 5.41) is 4.32. The summed E-state index contributed by atoms with van der Waals surface area (Å²) in [4.78, 5) is 0. The van der Waals surface area contributed by atoms with Crippen LogP contribution in [0.15, 0.2) is 12.1 Å². The zero-order valence-corrected chi connectivity index (χ0v) is 13.1. The second-order valence-corrected chi connectivity index (χ2v) is 6.38. The van der Waals surface area contributed by atoms with Gasteiger partial charge in [0.1, 0.15) is 0 Å². The number of halogens is 1. The van der Waals surface area contributed by atoms with Gasteiger partial charge in [0.2, 0.25) is 0 Å². The SMILES string of the molecule is CCNCC(C)(C)CCc1cc(C)c(Cl)cc1C. The highest BCUT2D eigenvalue weighted by atomic mass is 35.5. The molecule has 1 N–H and O–H groups in total. The fourth-order valence-electron chi connectivity index (χ4n) is 2.13. The van der Waals surface area contributed by atoms with Crippen LogP contribution in [0.1, 0.15) is 43.9 Å². The molecule has 1 rings (SSSR count). The highest BCUT2D eigenvalue weighted by Gasteiger charge is 2.17. The van der Waals surface area contributed by atoms with E-state index >= 15 is 0 Å². The average Bonchev–Trinajstić information content (AvgIpc) is 2.30. The molecule has 0 saturated heterocycles. The van der Waals surface area contributed by atoms with E-state index in [0.717, 1.165) is 24.5 Å². The summed E-state index contributed by atoms with van der Waals surface area (Å²) < 4.78 is 0. The Kier molecular flexibility index (Phi) is 5.68. The third-order valence-corrected chi connectivity index (χ3v) is 3.95. The minimum Gasteiger partial charge on any atom is -0.316 e. The summed E-state index contributed by atoms with van der Waals surface area (Å²) in [5.74, 6) is 0. The Balaban J connectivity index is 2.66. The Morgan fingerprint density at radius 1 is 1.17 bits per heavy atom. The summed E-state index contributed by atoms with van der Waals surface area (Å²) in [6, 6.07) is 4.32. The van der Waals surface area contributed by atoms with E-state index < -0.39 is 0 Å². The van der Waals surface area contributed by atoms with Gasteiger partial charge in [0, 0.05) is 11.6 Å². The monoisotopic (exact) mass is 267 g/mol. The third kappa shape index (κ3) is 4.62. The second kappa shape index (κ2) is 6.58. The van der Waals surface area contributed by atoms with Gasteiger partial charge in [-0.2, -0.15) is 0 Å². The van der Waals surface area contributed by atoms with Gasteiger partial charge >= 0.3 is 0 Å². The van der Waals surface area contributed by atoms with E-state index in [4.69, 9.17) is 11.6 Å². The molecule has 1 aromatic carbocycles. The molecule has 102 valence electrons. The first kappa shape index (κ1) is 15.5. The maximum atomic E-state index is 6.13. The lowest BCUT2D eigenvalue weighted by Crippen LogP contribution is -2.29. The molecular formula is C16H26ClN. The molecule has 1 aromatic rings. The van der Waals surface area contributed by atoms with E-state index in [1.54, 1.807) is 0 Å². The zero-order chi connectivity index (χ0) is 13.8. The van der Waals surface area contributed by atoms with Crippen LogP contribution in [0.5, 0.6) is 0 Å². The highest BCUT2D eigenvalue weighted by molar-refractivity contribution is 6.31. The molecule has 0 aliphatic carbocycles. The molecule has 0 spiro atoms. The molecule has 0 unspecified atom stereocenters. The van der Waals surface area contributed by atoms with Crippen molar-refractivity contribution in [3.8, 4) is 0 Å². The molecule has 0 amide bonds. The summed E-state index contributed by atoms with van der Waals surface area (Å²) in [6.45, 7) is 13.2. The Labute approximate surface area is 117 Å². The van der Waals surface area contributed by atoms with Crippen molar-refractivity contribution in [1.82, 2.24) is 5.32 Å². The first-order valence-electron chi connectivity index (χ1n) is 6.82. The molecule has 0 aliphatic rings. The molecule has 2 heteroatoms. The summed E-state index contributed by atoms with van der Waals surface area (Å²) in [5.41, 5.74) is 4.27. The number of benzene rings is 1. The van der Waals surface area contributed by atoms with Gasteiger partial charge in [0.25, 0.3) is 0 Å². The van der Waals surface area contributed by atoms with Crippen LogP contribution >= 0.6 is 11.6 Å². The molecule has 0 atom stereocenters. The number of rotatable bonds is 6. The maximum Gasteiger partial charge on any atom is 0.0438 e. The standard InChI is InChI=1S/C16H26ClN/c1-6-18-11-16(4,5)8-7-14-9-13(3)15(17)10-12(14)2/h9-10,18H,6-8,11H2,1-5H3. The van der Waals surface area contributed by atoms with Crippen molar-refractivity contribution in [1.29, 1.82) is 0 Å². The average molecular weight is 268 g/mol. The lowest BCUT2D eigenvalue weighted by molar-refractivity contribution is 0.317. The number of aryl methyl sites for hydroxylation is 3. The van der Waals surface area contributed by atoms with Crippen molar-refractivity contribution in [2.45, 2.75) is 47.5 Å². The Hall–Kier alpha value is -0.530.